The van der Waals surface area contributed by atoms with Crippen molar-refractivity contribution in [1.29, 1.82) is 0 Å². The van der Waals surface area contributed by atoms with Gasteiger partial charge in [0.05, 0.1) is 11.9 Å². The Morgan fingerprint density at radius 3 is 2.55 bits per heavy atom. The van der Waals surface area contributed by atoms with Crippen LogP contribution >= 0.6 is 0 Å². The zero-order chi connectivity index (χ0) is 22.9. The average Bonchev–Trinajstić information content (AvgIpc) is 3.37. The maximum atomic E-state index is 13.6. The maximum absolute atomic E-state index is 13.6. The van der Waals surface area contributed by atoms with Crippen molar-refractivity contribution < 1.29 is 9.55 Å². The number of nitrogens with one attached hydrogen (secondary N) is 1. The van der Waals surface area contributed by atoms with Crippen LogP contribution in [0.3, 0.4) is 0 Å². The third-order valence-corrected chi connectivity index (χ3v) is 7.50. The van der Waals surface area contributed by atoms with Gasteiger partial charge in [0.15, 0.2) is 11.6 Å². The first-order valence-electron chi connectivity index (χ1n) is 12.2. The van der Waals surface area contributed by atoms with Crippen LogP contribution in [-0.2, 0) is 4.79 Å². The molecule has 0 spiro atoms. The zero-order valence-electron chi connectivity index (χ0n) is 19.6. The van der Waals surface area contributed by atoms with E-state index in [1.165, 1.54) is 19.3 Å². The van der Waals surface area contributed by atoms with E-state index in [1.54, 1.807) is 13.1 Å². The van der Waals surface area contributed by atoms with Crippen LogP contribution in [0.25, 0.3) is 0 Å². The monoisotopic (exact) mass is 449 g/mol. The third kappa shape index (κ3) is 4.24. The number of aliphatic imine (C=N–C) groups is 1. The molecule has 174 valence electrons. The highest BCUT2D eigenvalue weighted by molar-refractivity contribution is 5.96. The zero-order valence-corrected chi connectivity index (χ0v) is 19.6. The number of nitrogens with zero attached hydrogens (tertiary/aromatic N) is 5. The number of hydrogen-bond acceptors (Lipinski definition) is 7. The molecule has 1 unspecified atom stereocenters. The molecule has 1 saturated carbocycles. The lowest BCUT2D eigenvalue weighted by atomic mass is 9.90. The highest BCUT2D eigenvalue weighted by Crippen LogP contribution is 2.36. The molecule has 4 heterocycles. The van der Waals surface area contributed by atoms with Gasteiger partial charge in [0.25, 0.3) is 0 Å². The Hall–Kier alpha value is -2.87. The van der Waals surface area contributed by atoms with Gasteiger partial charge in [0, 0.05) is 36.8 Å². The number of aromatic nitrogens is 1. The van der Waals surface area contributed by atoms with Gasteiger partial charge < -0.3 is 4.90 Å². The topological polar surface area (TPSA) is 80.9 Å². The van der Waals surface area contributed by atoms with E-state index in [2.05, 4.69) is 31.2 Å². The normalized spacial score (nSPS) is 24.5. The third-order valence-electron chi connectivity index (χ3n) is 7.50. The van der Waals surface area contributed by atoms with E-state index >= 15 is 0 Å². The summed E-state index contributed by atoms with van der Waals surface area (Å²) in [7, 11) is 0. The number of piperidine rings is 1. The van der Waals surface area contributed by atoms with E-state index < -0.39 is 6.17 Å². The second-order valence-electron chi connectivity index (χ2n) is 9.58. The molecule has 5 rings (SSSR count). The van der Waals surface area contributed by atoms with E-state index in [9.17, 15) is 9.70 Å². The minimum Gasteiger partial charge on any atom is -0.370 e. The molecule has 3 aliphatic heterocycles. The van der Waals surface area contributed by atoms with Crippen molar-refractivity contribution >= 4 is 23.2 Å². The predicted molar refractivity (Wildman–Crippen MR) is 129 cm³/mol. The number of guanidine groups is 1. The van der Waals surface area contributed by atoms with Gasteiger partial charge in [0.2, 0.25) is 6.17 Å². The van der Waals surface area contributed by atoms with E-state index in [1.807, 2.05) is 19.2 Å². The Labute approximate surface area is 195 Å². The quantitative estimate of drug-likeness (QED) is 0.700. The summed E-state index contributed by atoms with van der Waals surface area (Å²) in [5, 5.41) is 3.13. The van der Waals surface area contributed by atoms with Crippen molar-refractivity contribution in [3.05, 3.63) is 46.2 Å². The van der Waals surface area contributed by atoms with E-state index in [0.717, 1.165) is 65.9 Å². The summed E-state index contributed by atoms with van der Waals surface area (Å²) >= 11 is 0. The number of hydrogen-bond donors (Lipinski definition) is 1. The summed E-state index contributed by atoms with van der Waals surface area (Å²) in [5.74, 6) is 0.911. The number of Topliss-reactive ketones (excluding diaryl/α,β-unsaturated/α-hetero) is 1. The number of anilines is 2. The highest BCUT2D eigenvalue weighted by Gasteiger charge is 2.46. The number of rotatable bonds is 4. The van der Waals surface area contributed by atoms with E-state index in [4.69, 9.17) is 0 Å². The molecule has 33 heavy (non-hydrogen) atoms. The molecule has 1 aliphatic carbocycles. The molecule has 0 radical (unpaired) electrons. The van der Waals surface area contributed by atoms with Gasteiger partial charge >= 0.3 is 5.96 Å². The summed E-state index contributed by atoms with van der Waals surface area (Å²) in [6, 6.07) is 4.27. The molecule has 8 heteroatoms. The molecule has 1 saturated heterocycles. The first-order chi connectivity index (χ1) is 16.0. The van der Waals surface area contributed by atoms with Crippen molar-refractivity contribution in [3.8, 4) is 0 Å². The van der Waals surface area contributed by atoms with Crippen molar-refractivity contribution in [2.75, 3.05) is 29.9 Å². The lowest BCUT2D eigenvalue weighted by molar-refractivity contribution is -0.500. The van der Waals surface area contributed by atoms with Gasteiger partial charge in [-0.3, -0.25) is 9.69 Å². The molecular weight excluding hydrogens is 416 g/mol. The summed E-state index contributed by atoms with van der Waals surface area (Å²) in [4.78, 5) is 39.4. The van der Waals surface area contributed by atoms with Crippen LogP contribution in [0.15, 0.2) is 46.2 Å². The van der Waals surface area contributed by atoms with Gasteiger partial charge in [-0.2, -0.15) is 0 Å². The molecule has 4 aliphatic rings. The summed E-state index contributed by atoms with van der Waals surface area (Å²) in [6.07, 6.45) is 11.3. The van der Waals surface area contributed by atoms with Crippen molar-refractivity contribution in [1.82, 2.24) is 9.88 Å². The van der Waals surface area contributed by atoms with Gasteiger partial charge in [-0.25, -0.2) is 10.3 Å². The fourth-order valence-electron chi connectivity index (χ4n) is 5.60. The predicted octanol–water partition coefficient (Wildman–Crippen LogP) is 4.01. The first-order valence-corrected chi connectivity index (χ1v) is 12.2. The molecule has 0 bridgehead atoms. The van der Waals surface area contributed by atoms with Gasteiger partial charge in [-0.15, -0.1) is 0 Å². The van der Waals surface area contributed by atoms with E-state index in [0.29, 0.717) is 18.4 Å². The lowest BCUT2D eigenvalue weighted by Gasteiger charge is -2.40. The molecule has 1 N–H and O–H groups in total. The number of carbonyl (C=O) groups excluding carboxylic acids is 1. The average molecular weight is 450 g/mol. The summed E-state index contributed by atoms with van der Waals surface area (Å²) in [6.45, 7) is 6.19. The van der Waals surface area contributed by atoms with Crippen LogP contribution < -0.4 is 10.2 Å². The van der Waals surface area contributed by atoms with Crippen LogP contribution in [0.1, 0.15) is 58.8 Å². The molecule has 2 fully saturated rings. The van der Waals surface area contributed by atoms with Crippen LogP contribution in [0.2, 0.25) is 0 Å². The van der Waals surface area contributed by atoms with Crippen LogP contribution in [0.5, 0.6) is 0 Å². The Morgan fingerprint density at radius 2 is 1.88 bits per heavy atom. The molecule has 0 amide bonds. The van der Waals surface area contributed by atoms with Crippen LogP contribution in [0, 0.1) is 4.91 Å². The molecule has 8 nitrogen and oxygen atoms in total. The minimum atomic E-state index is -0.469. The fraction of sp³-hybridized carbons (Fsp3) is 0.560. The van der Waals surface area contributed by atoms with Crippen molar-refractivity contribution in [2.45, 2.75) is 71.0 Å². The van der Waals surface area contributed by atoms with Gasteiger partial charge in [0.1, 0.15) is 6.20 Å². The molecular formula is C25H33N6O2+. The van der Waals surface area contributed by atoms with Crippen molar-refractivity contribution in [2.24, 2.45) is 4.99 Å². The molecule has 1 aromatic rings. The van der Waals surface area contributed by atoms with Gasteiger partial charge in [-0.1, -0.05) is 22.7 Å². The second-order valence-corrected chi connectivity index (χ2v) is 9.58. The smallest absolute Gasteiger partial charge is 0.370 e. The Bertz CT molecular complexity index is 1030. The number of fused-ring (bicyclic) bond motifs is 1. The second kappa shape index (κ2) is 9.17. The number of nitroso groups, excluding NO2 is 1. The minimum absolute atomic E-state index is 0.0678. The molecule has 1 atom stereocenters. The van der Waals surface area contributed by atoms with Crippen molar-refractivity contribution in [3.63, 3.8) is 0 Å². The van der Waals surface area contributed by atoms with Crippen LogP contribution in [0.4, 0.5) is 11.5 Å². The largest absolute Gasteiger partial charge is 0.435 e. The van der Waals surface area contributed by atoms with E-state index in [-0.39, 0.29) is 11.7 Å². The maximum Gasteiger partial charge on any atom is 0.435 e. The fourth-order valence-corrected chi connectivity index (χ4v) is 5.60. The SMILES string of the molecule is CC(=O)C1=C(C)C2=CN=C(Nc3ccc(N4CCCCC4)cn3)[N+](=O)C2N(C2CCCC2)C1. The standard InChI is InChI=1S/C25H32N6O2/c1-17-21-15-27-25(28-23-11-10-20(14-26-23)29-12-6-3-7-13-29)31(33)24(21)30(16-22(17)18(2)32)19-8-4-5-9-19/h10-11,14-15,19,24H,3-9,12-13,16H2,1-2H3/p+1. The first kappa shape index (κ1) is 21.9. The Balaban J connectivity index is 1.40. The number of pyridine rings is 1. The molecule has 1 aromatic heterocycles. The highest BCUT2D eigenvalue weighted by atomic mass is 16.3. The Morgan fingerprint density at radius 1 is 1.12 bits per heavy atom. The lowest BCUT2D eigenvalue weighted by Crippen LogP contribution is -2.55. The number of ketones is 1. The number of carbonyl (C=O) groups is 1. The molecule has 0 aromatic carbocycles. The van der Waals surface area contributed by atoms with Crippen LogP contribution in [-0.4, -0.2) is 58.2 Å². The van der Waals surface area contributed by atoms with Gasteiger partial charge in [-0.05, 0) is 68.4 Å². The Kier molecular flexibility index (Phi) is 6.10. The summed E-state index contributed by atoms with van der Waals surface area (Å²) < 4.78 is 0.967. The summed E-state index contributed by atoms with van der Waals surface area (Å²) in [5.41, 5.74) is 3.62.